The fourth-order valence-electron chi connectivity index (χ4n) is 4.10. The predicted molar refractivity (Wildman–Crippen MR) is 107 cm³/mol. The Morgan fingerprint density at radius 1 is 1.36 bits per heavy atom. The van der Waals surface area contributed by atoms with Gasteiger partial charge in [0, 0.05) is 36.5 Å². The van der Waals surface area contributed by atoms with Gasteiger partial charge in [0.05, 0.1) is 11.4 Å². The molecule has 0 bridgehead atoms. The minimum absolute atomic E-state index is 0.0376. The first-order valence-corrected chi connectivity index (χ1v) is 9.96. The van der Waals surface area contributed by atoms with Crippen molar-refractivity contribution in [3.63, 3.8) is 0 Å². The van der Waals surface area contributed by atoms with Crippen molar-refractivity contribution in [3.05, 3.63) is 35.8 Å². The molecule has 3 atom stereocenters. The summed E-state index contributed by atoms with van der Waals surface area (Å²) in [5.41, 5.74) is 2.95. The van der Waals surface area contributed by atoms with Gasteiger partial charge in [0.25, 0.3) is 0 Å². The number of ether oxygens (including phenoxy) is 1. The van der Waals surface area contributed by atoms with Gasteiger partial charge in [-0.2, -0.15) is 5.10 Å². The summed E-state index contributed by atoms with van der Waals surface area (Å²) in [6.45, 7) is 3.87. The normalized spacial score (nSPS) is 25.0. The summed E-state index contributed by atoms with van der Waals surface area (Å²) in [5.74, 6) is 1.10. The zero-order valence-corrected chi connectivity index (χ0v) is 16.4. The molecule has 8 heteroatoms. The van der Waals surface area contributed by atoms with Crippen LogP contribution in [0.4, 0.5) is 16.3 Å². The molecule has 1 amide bonds. The zero-order chi connectivity index (χ0) is 19.5. The van der Waals surface area contributed by atoms with Crippen LogP contribution >= 0.6 is 0 Å². The van der Waals surface area contributed by atoms with Crippen LogP contribution in [-0.4, -0.2) is 58.5 Å². The van der Waals surface area contributed by atoms with Gasteiger partial charge >= 0.3 is 6.09 Å². The molecule has 0 unspecified atom stereocenters. The second-order valence-electron chi connectivity index (χ2n) is 7.90. The SMILES string of the molecule is Cc1ncccc1Nc1cc([C@H]2CC[C@@H](OC(=O)N[C@@H]3CCN(C)C3)C2)[nH]n1. The van der Waals surface area contributed by atoms with Crippen molar-refractivity contribution in [2.24, 2.45) is 0 Å². The van der Waals surface area contributed by atoms with Gasteiger partial charge < -0.3 is 20.3 Å². The minimum atomic E-state index is -0.287. The third kappa shape index (κ3) is 4.44. The summed E-state index contributed by atoms with van der Waals surface area (Å²) < 4.78 is 5.65. The Hall–Kier alpha value is -2.61. The Labute approximate surface area is 165 Å². The minimum Gasteiger partial charge on any atom is -0.446 e. The second kappa shape index (κ2) is 8.18. The molecule has 4 rings (SSSR count). The van der Waals surface area contributed by atoms with E-state index in [0.29, 0.717) is 5.92 Å². The van der Waals surface area contributed by atoms with Crippen LogP contribution in [0.5, 0.6) is 0 Å². The number of likely N-dealkylation sites (N-methyl/N-ethyl adjacent to an activating group) is 1. The Morgan fingerprint density at radius 2 is 2.25 bits per heavy atom. The Balaban J connectivity index is 1.28. The largest absolute Gasteiger partial charge is 0.446 e. The van der Waals surface area contributed by atoms with Crippen molar-refractivity contribution in [3.8, 4) is 0 Å². The van der Waals surface area contributed by atoms with Crippen LogP contribution in [-0.2, 0) is 4.74 Å². The molecule has 3 heterocycles. The van der Waals surface area contributed by atoms with Gasteiger partial charge in [-0.15, -0.1) is 0 Å². The number of amides is 1. The van der Waals surface area contributed by atoms with E-state index in [4.69, 9.17) is 4.74 Å². The van der Waals surface area contributed by atoms with Crippen molar-refractivity contribution < 1.29 is 9.53 Å². The highest BCUT2D eigenvalue weighted by Crippen LogP contribution is 2.36. The highest BCUT2D eigenvalue weighted by molar-refractivity contribution is 5.68. The number of nitrogens with zero attached hydrogens (tertiary/aromatic N) is 3. The summed E-state index contributed by atoms with van der Waals surface area (Å²) in [7, 11) is 2.07. The number of carbonyl (C=O) groups excluding carboxylic acids is 1. The van der Waals surface area contributed by atoms with Crippen LogP contribution in [0.25, 0.3) is 0 Å². The van der Waals surface area contributed by atoms with Gasteiger partial charge in [-0.25, -0.2) is 4.79 Å². The number of aromatic nitrogens is 3. The lowest BCUT2D eigenvalue weighted by atomic mass is 10.0. The van der Waals surface area contributed by atoms with E-state index in [1.807, 2.05) is 25.1 Å². The molecule has 1 aliphatic heterocycles. The van der Waals surface area contributed by atoms with E-state index in [0.717, 1.165) is 61.7 Å². The summed E-state index contributed by atoms with van der Waals surface area (Å²) in [6, 6.07) is 6.12. The number of carbonyl (C=O) groups is 1. The number of likely N-dealkylation sites (tertiary alicyclic amines) is 1. The lowest BCUT2D eigenvalue weighted by Crippen LogP contribution is -2.38. The molecule has 2 aromatic rings. The molecule has 1 saturated carbocycles. The Morgan fingerprint density at radius 3 is 3.04 bits per heavy atom. The molecule has 3 N–H and O–H groups in total. The number of hydrogen-bond donors (Lipinski definition) is 3. The van der Waals surface area contributed by atoms with E-state index in [-0.39, 0.29) is 18.2 Å². The topological polar surface area (TPSA) is 95.2 Å². The van der Waals surface area contributed by atoms with Crippen molar-refractivity contribution in [2.45, 2.75) is 50.7 Å². The van der Waals surface area contributed by atoms with Gasteiger partial charge in [-0.05, 0) is 58.3 Å². The maximum Gasteiger partial charge on any atom is 0.407 e. The molecule has 2 aromatic heterocycles. The van der Waals surface area contributed by atoms with Crippen molar-refractivity contribution >= 4 is 17.6 Å². The van der Waals surface area contributed by atoms with Crippen LogP contribution < -0.4 is 10.6 Å². The van der Waals surface area contributed by atoms with Crippen LogP contribution in [0, 0.1) is 6.92 Å². The van der Waals surface area contributed by atoms with Gasteiger partial charge in [0.2, 0.25) is 0 Å². The second-order valence-corrected chi connectivity index (χ2v) is 7.90. The van der Waals surface area contributed by atoms with Gasteiger partial charge in [-0.1, -0.05) is 0 Å². The number of aromatic amines is 1. The van der Waals surface area contributed by atoms with Crippen molar-refractivity contribution in [2.75, 3.05) is 25.5 Å². The third-order valence-electron chi connectivity index (χ3n) is 5.68. The molecule has 1 saturated heterocycles. The van der Waals surface area contributed by atoms with E-state index in [9.17, 15) is 4.79 Å². The predicted octanol–water partition coefficient (Wildman–Crippen LogP) is 2.92. The quantitative estimate of drug-likeness (QED) is 0.734. The molecule has 2 fully saturated rings. The smallest absolute Gasteiger partial charge is 0.407 e. The lowest BCUT2D eigenvalue weighted by molar-refractivity contribution is 0.0972. The van der Waals surface area contributed by atoms with Gasteiger partial charge in [-0.3, -0.25) is 10.1 Å². The van der Waals surface area contributed by atoms with Gasteiger partial charge in [0.15, 0.2) is 5.82 Å². The average molecular weight is 384 g/mol. The van der Waals surface area contributed by atoms with E-state index in [2.05, 4.69) is 37.8 Å². The van der Waals surface area contributed by atoms with E-state index < -0.39 is 0 Å². The lowest BCUT2D eigenvalue weighted by Gasteiger charge is -2.16. The molecule has 1 aliphatic carbocycles. The highest BCUT2D eigenvalue weighted by atomic mass is 16.6. The molecule has 150 valence electrons. The summed E-state index contributed by atoms with van der Waals surface area (Å²) in [6.07, 6.45) is 5.12. The first kappa shape index (κ1) is 18.7. The molecule has 8 nitrogen and oxygen atoms in total. The molecule has 0 spiro atoms. The maximum absolute atomic E-state index is 12.2. The van der Waals surface area contributed by atoms with E-state index >= 15 is 0 Å². The average Bonchev–Trinajstić information content (AvgIpc) is 3.39. The number of H-pyrrole nitrogens is 1. The van der Waals surface area contributed by atoms with Crippen molar-refractivity contribution in [1.82, 2.24) is 25.4 Å². The number of pyridine rings is 1. The molecule has 2 aliphatic rings. The third-order valence-corrected chi connectivity index (χ3v) is 5.68. The number of hydrogen-bond acceptors (Lipinski definition) is 6. The summed E-state index contributed by atoms with van der Waals surface area (Å²) in [4.78, 5) is 18.7. The van der Waals surface area contributed by atoms with Crippen LogP contribution in [0.1, 0.15) is 43.0 Å². The zero-order valence-electron chi connectivity index (χ0n) is 16.4. The summed E-state index contributed by atoms with van der Waals surface area (Å²) >= 11 is 0. The fraction of sp³-hybridized carbons (Fsp3) is 0.550. The maximum atomic E-state index is 12.2. The van der Waals surface area contributed by atoms with E-state index in [1.54, 1.807) is 6.20 Å². The molecular formula is C20H28N6O2. The Kier molecular flexibility index (Phi) is 5.47. The number of alkyl carbamates (subject to hydrolysis) is 1. The fourth-order valence-corrected chi connectivity index (χ4v) is 4.10. The standard InChI is InChI=1S/C20H28N6O2/c1-13-17(4-3-8-21-13)23-19-11-18(24-25-19)14-5-6-16(10-14)28-20(27)22-15-7-9-26(2)12-15/h3-4,8,11,14-16H,5-7,9-10,12H2,1-2H3,(H,22,27)(H2,23,24,25)/t14-,15+,16+/m0/s1. The molecule has 28 heavy (non-hydrogen) atoms. The number of anilines is 2. The number of rotatable bonds is 5. The van der Waals surface area contributed by atoms with Crippen LogP contribution in [0.3, 0.4) is 0 Å². The first-order valence-electron chi connectivity index (χ1n) is 9.96. The molecular weight excluding hydrogens is 356 g/mol. The summed E-state index contributed by atoms with van der Waals surface area (Å²) in [5, 5.41) is 13.8. The van der Waals surface area contributed by atoms with E-state index in [1.165, 1.54) is 0 Å². The highest BCUT2D eigenvalue weighted by Gasteiger charge is 2.31. The van der Waals surface area contributed by atoms with Crippen LogP contribution in [0.2, 0.25) is 0 Å². The Bertz CT molecular complexity index is 823. The van der Waals surface area contributed by atoms with Crippen LogP contribution in [0.15, 0.2) is 24.4 Å². The first-order chi connectivity index (χ1) is 13.6. The van der Waals surface area contributed by atoms with Crippen molar-refractivity contribution in [1.29, 1.82) is 0 Å². The van der Waals surface area contributed by atoms with Gasteiger partial charge in [0.1, 0.15) is 6.10 Å². The monoisotopic (exact) mass is 384 g/mol. The molecule has 0 aromatic carbocycles. The molecule has 0 radical (unpaired) electrons. The number of nitrogens with one attached hydrogen (secondary N) is 3. The number of aryl methyl sites for hydroxylation is 1.